The highest BCUT2D eigenvalue weighted by atomic mass is 32.2. The molecule has 0 saturated heterocycles. The number of carbonyl (C=O) groups excluding carboxylic acids is 3. The normalized spacial score (nSPS) is 13.5. The summed E-state index contributed by atoms with van der Waals surface area (Å²) in [5.74, 6) is 0.176. The molecule has 0 aliphatic heterocycles. The minimum absolute atomic E-state index is 0.230. The van der Waals surface area contributed by atoms with Gasteiger partial charge in [-0.1, -0.05) is 38.0 Å². The maximum Gasteiger partial charge on any atom is 0.408 e. The fraction of sp³-hybridized carbons (Fsp3) is 0.690. The monoisotopic (exact) mass is 535 g/mol. The van der Waals surface area contributed by atoms with E-state index < -0.39 is 29.3 Å². The van der Waals surface area contributed by atoms with E-state index in [1.165, 1.54) is 0 Å². The summed E-state index contributed by atoms with van der Waals surface area (Å²) in [7, 11) is 0. The zero-order chi connectivity index (χ0) is 28.4. The Balaban J connectivity index is 3.58. The number of nitrogens with one attached hydrogen (secondary N) is 2. The number of carbonyl (C=O) groups is 3. The van der Waals surface area contributed by atoms with Gasteiger partial charge in [0.15, 0.2) is 0 Å². The molecule has 1 aromatic carbocycles. The first-order chi connectivity index (χ1) is 17.1. The molecule has 2 unspecified atom stereocenters. The predicted octanol–water partition coefficient (Wildman–Crippen LogP) is 5.92. The summed E-state index contributed by atoms with van der Waals surface area (Å²) in [6.45, 7) is 17.7. The van der Waals surface area contributed by atoms with Crippen molar-refractivity contribution in [3.8, 4) is 0 Å². The lowest BCUT2D eigenvalue weighted by atomic mass is 9.94. The zero-order valence-electron chi connectivity index (χ0n) is 24.6. The first kappa shape index (κ1) is 32.8. The zero-order valence-corrected chi connectivity index (χ0v) is 25.4. The van der Waals surface area contributed by atoms with Crippen LogP contribution in [0.3, 0.4) is 0 Å². The summed E-state index contributed by atoms with van der Waals surface area (Å²) >= 11 is 1.60. The van der Waals surface area contributed by atoms with Crippen molar-refractivity contribution in [3.63, 3.8) is 0 Å². The number of aryl methyl sites for hydroxylation is 1. The molecule has 210 valence electrons. The van der Waals surface area contributed by atoms with Crippen molar-refractivity contribution < 1.29 is 19.1 Å². The molecular formula is C29H49N3O4S. The Hall–Kier alpha value is -2.22. The van der Waals surface area contributed by atoms with Crippen LogP contribution in [-0.2, 0) is 14.3 Å². The van der Waals surface area contributed by atoms with Gasteiger partial charge in [-0.15, -0.1) is 0 Å². The molecule has 37 heavy (non-hydrogen) atoms. The van der Waals surface area contributed by atoms with Crippen LogP contribution in [0.2, 0.25) is 0 Å². The SMILES string of the molecule is CCCCCN(C(=O)C(CCSC)NC(=O)OC(C)(C)C)C(C(=O)NC(C)(C)C)c1cccc(C)c1C. The molecule has 7 nitrogen and oxygen atoms in total. The molecule has 2 atom stereocenters. The van der Waals surface area contributed by atoms with E-state index in [0.29, 0.717) is 18.7 Å². The van der Waals surface area contributed by atoms with Gasteiger partial charge < -0.3 is 20.3 Å². The molecule has 2 N–H and O–H groups in total. The van der Waals surface area contributed by atoms with Crippen LogP contribution in [-0.4, -0.2) is 58.5 Å². The molecule has 3 amide bonds. The van der Waals surface area contributed by atoms with Gasteiger partial charge in [0.25, 0.3) is 0 Å². The second kappa shape index (κ2) is 14.6. The molecule has 8 heteroatoms. The molecule has 1 aromatic rings. The van der Waals surface area contributed by atoms with Crippen LogP contribution in [0.25, 0.3) is 0 Å². The van der Waals surface area contributed by atoms with E-state index in [0.717, 1.165) is 36.0 Å². The van der Waals surface area contributed by atoms with Gasteiger partial charge in [-0.2, -0.15) is 11.8 Å². The molecular weight excluding hydrogens is 486 g/mol. The Morgan fingerprint density at radius 3 is 2.24 bits per heavy atom. The fourth-order valence-electron chi connectivity index (χ4n) is 4.00. The molecule has 0 spiro atoms. The van der Waals surface area contributed by atoms with Crippen LogP contribution >= 0.6 is 11.8 Å². The molecule has 0 aromatic heterocycles. The molecule has 0 radical (unpaired) electrons. The standard InChI is InChI=1S/C29H49N3O4S/c1-11-12-13-18-32(26(34)23(17-19-37-10)30-27(35)36-29(7,8)9)24(25(33)31-28(4,5)6)22-16-14-15-20(2)21(22)3/h14-16,23-24H,11-13,17-19H2,1-10H3,(H,30,35)(H,31,33). The quantitative estimate of drug-likeness (QED) is 0.324. The molecule has 0 saturated carbocycles. The molecule has 0 heterocycles. The van der Waals surface area contributed by atoms with Gasteiger partial charge in [0.2, 0.25) is 11.8 Å². The number of alkyl carbamates (subject to hydrolysis) is 1. The van der Waals surface area contributed by atoms with Crippen molar-refractivity contribution in [1.82, 2.24) is 15.5 Å². The van der Waals surface area contributed by atoms with Crippen molar-refractivity contribution in [1.29, 1.82) is 0 Å². The lowest BCUT2D eigenvalue weighted by Crippen LogP contribution is -2.55. The van der Waals surface area contributed by atoms with E-state index in [9.17, 15) is 14.4 Å². The summed E-state index contributed by atoms with van der Waals surface area (Å²) in [6.07, 6.45) is 4.43. The van der Waals surface area contributed by atoms with Gasteiger partial charge in [-0.25, -0.2) is 4.79 Å². The van der Waals surface area contributed by atoms with E-state index in [2.05, 4.69) is 17.6 Å². The van der Waals surface area contributed by atoms with Gasteiger partial charge in [-0.3, -0.25) is 9.59 Å². The van der Waals surface area contributed by atoms with Crippen LogP contribution in [0.1, 0.15) is 96.9 Å². The van der Waals surface area contributed by atoms with Crippen molar-refractivity contribution >= 4 is 29.7 Å². The van der Waals surface area contributed by atoms with Gasteiger partial charge in [0.05, 0.1) is 0 Å². The topological polar surface area (TPSA) is 87.7 Å². The highest BCUT2D eigenvalue weighted by Gasteiger charge is 2.37. The minimum atomic E-state index is -0.819. The first-order valence-electron chi connectivity index (χ1n) is 13.3. The van der Waals surface area contributed by atoms with Crippen LogP contribution in [0.4, 0.5) is 4.79 Å². The highest BCUT2D eigenvalue weighted by molar-refractivity contribution is 7.98. The number of thioether (sulfide) groups is 1. The highest BCUT2D eigenvalue weighted by Crippen LogP contribution is 2.29. The fourth-order valence-corrected chi connectivity index (χ4v) is 4.47. The second-order valence-corrected chi connectivity index (χ2v) is 12.6. The average Bonchev–Trinajstić information content (AvgIpc) is 2.75. The number of hydrogen-bond acceptors (Lipinski definition) is 5. The maximum absolute atomic E-state index is 14.2. The van der Waals surface area contributed by atoms with Gasteiger partial charge in [0.1, 0.15) is 17.7 Å². The Kier molecular flexibility index (Phi) is 13.0. The van der Waals surface area contributed by atoms with Gasteiger partial charge in [-0.05, 0) is 96.9 Å². The Morgan fingerprint density at radius 1 is 1.05 bits per heavy atom. The third kappa shape index (κ3) is 11.4. The lowest BCUT2D eigenvalue weighted by molar-refractivity contribution is -0.143. The largest absolute Gasteiger partial charge is 0.444 e. The molecule has 0 fully saturated rings. The second-order valence-electron chi connectivity index (χ2n) is 11.6. The summed E-state index contributed by atoms with van der Waals surface area (Å²) in [4.78, 5) is 42.4. The number of nitrogens with zero attached hydrogens (tertiary/aromatic N) is 1. The minimum Gasteiger partial charge on any atom is -0.444 e. The third-order valence-corrected chi connectivity index (χ3v) is 6.53. The summed E-state index contributed by atoms with van der Waals surface area (Å²) in [5, 5.41) is 5.90. The molecule has 1 rings (SSSR count). The number of hydrogen-bond donors (Lipinski definition) is 2. The van der Waals surface area contributed by atoms with Crippen molar-refractivity contribution in [3.05, 3.63) is 34.9 Å². The van der Waals surface area contributed by atoms with Crippen LogP contribution < -0.4 is 10.6 Å². The van der Waals surface area contributed by atoms with E-state index in [-0.39, 0.29) is 11.8 Å². The van der Waals surface area contributed by atoms with E-state index in [1.807, 2.05) is 59.1 Å². The third-order valence-electron chi connectivity index (χ3n) is 5.88. The van der Waals surface area contributed by atoms with Crippen molar-refractivity contribution in [2.75, 3.05) is 18.6 Å². The number of ether oxygens (including phenoxy) is 1. The van der Waals surface area contributed by atoms with E-state index in [1.54, 1.807) is 37.4 Å². The molecule has 0 bridgehead atoms. The Bertz CT molecular complexity index is 905. The summed E-state index contributed by atoms with van der Waals surface area (Å²) < 4.78 is 5.46. The number of rotatable bonds is 12. The van der Waals surface area contributed by atoms with Crippen LogP contribution in [0, 0.1) is 13.8 Å². The predicted molar refractivity (Wildman–Crippen MR) is 154 cm³/mol. The summed E-state index contributed by atoms with van der Waals surface area (Å²) in [6, 6.07) is 4.23. The lowest BCUT2D eigenvalue weighted by Gasteiger charge is -2.37. The average molecular weight is 536 g/mol. The van der Waals surface area contributed by atoms with Crippen LogP contribution in [0.15, 0.2) is 18.2 Å². The molecule has 0 aliphatic carbocycles. The first-order valence-corrected chi connectivity index (χ1v) is 14.7. The van der Waals surface area contributed by atoms with Crippen LogP contribution in [0.5, 0.6) is 0 Å². The van der Waals surface area contributed by atoms with Gasteiger partial charge in [0, 0.05) is 12.1 Å². The van der Waals surface area contributed by atoms with Gasteiger partial charge >= 0.3 is 6.09 Å². The smallest absolute Gasteiger partial charge is 0.408 e. The van der Waals surface area contributed by atoms with E-state index in [4.69, 9.17) is 4.74 Å². The maximum atomic E-state index is 14.2. The Morgan fingerprint density at radius 2 is 1.70 bits per heavy atom. The number of unbranched alkanes of at least 4 members (excludes halogenated alkanes) is 2. The molecule has 0 aliphatic rings. The van der Waals surface area contributed by atoms with E-state index >= 15 is 0 Å². The Labute approximate surface area is 228 Å². The van der Waals surface area contributed by atoms with Crippen molar-refractivity contribution in [2.24, 2.45) is 0 Å². The van der Waals surface area contributed by atoms with Crippen molar-refractivity contribution in [2.45, 2.75) is 111 Å². The summed E-state index contributed by atoms with van der Waals surface area (Å²) in [5.41, 5.74) is 1.67. The number of amides is 3. The number of benzene rings is 1.